The van der Waals surface area contributed by atoms with Gasteiger partial charge in [-0.2, -0.15) is 4.98 Å². The van der Waals surface area contributed by atoms with Gasteiger partial charge in [0, 0.05) is 16.7 Å². The Morgan fingerprint density at radius 3 is 2.81 bits per heavy atom. The molecule has 7 nitrogen and oxygen atoms in total. The topological polar surface area (TPSA) is 83.0 Å². The SMILES string of the molecule is COc1cccc(-n2c(SCc3nc(-c4ccc(Cl)cc4)no3)nc3ccsc3c2=O)c1. The summed E-state index contributed by atoms with van der Waals surface area (Å²) in [6, 6.07) is 16.4. The molecule has 0 radical (unpaired) electrons. The maximum Gasteiger partial charge on any atom is 0.276 e. The number of methoxy groups -OCH3 is 1. The van der Waals surface area contributed by atoms with Crippen LogP contribution in [0.15, 0.2) is 74.5 Å². The van der Waals surface area contributed by atoms with Gasteiger partial charge in [-0.15, -0.1) is 11.3 Å². The summed E-state index contributed by atoms with van der Waals surface area (Å²) in [6.45, 7) is 0. The number of hydrogen-bond acceptors (Lipinski definition) is 8. The Hall–Kier alpha value is -3.14. The number of fused-ring (bicyclic) bond motifs is 1. The average Bonchev–Trinajstić information content (AvgIpc) is 3.48. The van der Waals surface area contributed by atoms with Crippen molar-refractivity contribution in [1.82, 2.24) is 19.7 Å². The van der Waals surface area contributed by atoms with Crippen LogP contribution in [-0.2, 0) is 5.75 Å². The second-order valence-corrected chi connectivity index (χ2v) is 8.97. The Morgan fingerprint density at radius 2 is 2.00 bits per heavy atom. The Bertz CT molecular complexity index is 1460. The van der Waals surface area contributed by atoms with E-state index < -0.39 is 0 Å². The third-order valence-electron chi connectivity index (χ3n) is 4.66. The van der Waals surface area contributed by atoms with Gasteiger partial charge in [0.05, 0.1) is 24.1 Å². The van der Waals surface area contributed by atoms with Gasteiger partial charge in [0.1, 0.15) is 10.4 Å². The van der Waals surface area contributed by atoms with E-state index in [9.17, 15) is 4.79 Å². The van der Waals surface area contributed by atoms with Crippen LogP contribution in [0.2, 0.25) is 5.02 Å². The van der Waals surface area contributed by atoms with Crippen molar-refractivity contribution in [2.45, 2.75) is 10.9 Å². The number of nitrogens with zero attached hydrogens (tertiary/aromatic N) is 4. The molecule has 0 atom stereocenters. The lowest BCUT2D eigenvalue weighted by Gasteiger charge is -2.12. The zero-order valence-corrected chi connectivity index (χ0v) is 19.1. The number of benzene rings is 2. The molecule has 3 aromatic heterocycles. The third-order valence-corrected chi connectivity index (χ3v) is 6.72. The number of hydrogen-bond donors (Lipinski definition) is 0. The summed E-state index contributed by atoms with van der Waals surface area (Å²) in [5.41, 5.74) is 2.01. The molecule has 0 saturated heterocycles. The molecule has 0 aliphatic heterocycles. The fourth-order valence-electron chi connectivity index (χ4n) is 3.12. The molecule has 0 amide bonds. The molecule has 3 heterocycles. The highest BCUT2D eigenvalue weighted by molar-refractivity contribution is 7.98. The molecule has 5 aromatic rings. The highest BCUT2D eigenvalue weighted by Gasteiger charge is 2.17. The molecule has 2 aromatic carbocycles. The molecule has 0 bridgehead atoms. The highest BCUT2D eigenvalue weighted by Crippen LogP contribution is 2.28. The van der Waals surface area contributed by atoms with Crippen LogP contribution < -0.4 is 10.3 Å². The Kier molecular flexibility index (Phi) is 5.69. The van der Waals surface area contributed by atoms with Crippen LogP contribution in [0, 0.1) is 0 Å². The molecule has 5 rings (SSSR count). The van der Waals surface area contributed by atoms with Crippen molar-refractivity contribution in [2.24, 2.45) is 0 Å². The minimum atomic E-state index is -0.131. The lowest BCUT2D eigenvalue weighted by atomic mass is 10.2. The minimum Gasteiger partial charge on any atom is -0.497 e. The second kappa shape index (κ2) is 8.78. The van der Waals surface area contributed by atoms with Gasteiger partial charge in [0.25, 0.3) is 5.56 Å². The summed E-state index contributed by atoms with van der Waals surface area (Å²) in [5.74, 6) is 1.91. The quantitative estimate of drug-likeness (QED) is 0.235. The van der Waals surface area contributed by atoms with Gasteiger partial charge in [0.15, 0.2) is 5.16 Å². The Balaban J connectivity index is 1.49. The molecule has 160 valence electrons. The van der Waals surface area contributed by atoms with E-state index in [0.29, 0.717) is 49.3 Å². The average molecular weight is 483 g/mol. The normalized spacial score (nSPS) is 11.2. The van der Waals surface area contributed by atoms with Crippen LogP contribution >= 0.6 is 34.7 Å². The second-order valence-electron chi connectivity index (χ2n) is 6.68. The van der Waals surface area contributed by atoms with E-state index in [-0.39, 0.29) is 5.56 Å². The number of rotatable bonds is 6. The number of thioether (sulfide) groups is 1. The summed E-state index contributed by atoms with van der Waals surface area (Å²) >= 11 is 8.66. The van der Waals surface area contributed by atoms with E-state index in [0.717, 1.165) is 5.56 Å². The highest BCUT2D eigenvalue weighted by atomic mass is 35.5. The largest absolute Gasteiger partial charge is 0.497 e. The van der Waals surface area contributed by atoms with Crippen molar-refractivity contribution in [3.05, 3.63) is 81.2 Å². The molecule has 0 N–H and O–H groups in total. The molecular weight excluding hydrogens is 468 g/mol. The van der Waals surface area contributed by atoms with Crippen LogP contribution in [0.4, 0.5) is 0 Å². The summed E-state index contributed by atoms with van der Waals surface area (Å²) in [4.78, 5) is 22.4. The fourth-order valence-corrected chi connectivity index (χ4v) is 4.86. The Labute approximate surface area is 195 Å². The van der Waals surface area contributed by atoms with Gasteiger partial charge in [-0.25, -0.2) is 4.98 Å². The molecule has 0 spiro atoms. The van der Waals surface area contributed by atoms with E-state index >= 15 is 0 Å². The first kappa shape index (κ1) is 20.7. The standard InChI is InChI=1S/C22H15ClN4O3S2/c1-29-16-4-2-3-15(11-16)27-21(28)19-17(9-10-31-19)24-22(27)32-12-18-25-20(26-30-18)13-5-7-14(23)8-6-13/h2-11H,12H2,1H3. The number of halogens is 1. The van der Waals surface area contributed by atoms with E-state index in [1.54, 1.807) is 29.9 Å². The first-order valence-corrected chi connectivity index (χ1v) is 11.7. The van der Waals surface area contributed by atoms with Crippen LogP contribution in [0.1, 0.15) is 5.89 Å². The summed E-state index contributed by atoms with van der Waals surface area (Å²) in [7, 11) is 1.59. The summed E-state index contributed by atoms with van der Waals surface area (Å²) in [5, 5.41) is 7.07. The van der Waals surface area contributed by atoms with Crippen molar-refractivity contribution in [3.63, 3.8) is 0 Å². The molecule has 0 saturated carbocycles. The fraction of sp³-hybridized carbons (Fsp3) is 0.0909. The van der Waals surface area contributed by atoms with E-state index in [2.05, 4.69) is 10.1 Å². The predicted molar refractivity (Wildman–Crippen MR) is 126 cm³/mol. The lowest BCUT2D eigenvalue weighted by Crippen LogP contribution is -2.20. The van der Waals surface area contributed by atoms with Gasteiger partial charge in [-0.1, -0.05) is 34.6 Å². The number of ether oxygens (including phenoxy) is 1. The van der Waals surface area contributed by atoms with Gasteiger partial charge >= 0.3 is 0 Å². The van der Waals surface area contributed by atoms with E-state index in [1.807, 2.05) is 41.8 Å². The smallest absolute Gasteiger partial charge is 0.276 e. The number of thiophene rings is 1. The lowest BCUT2D eigenvalue weighted by molar-refractivity contribution is 0.391. The molecule has 0 fully saturated rings. The molecule has 32 heavy (non-hydrogen) atoms. The third kappa shape index (κ3) is 4.02. The van der Waals surface area contributed by atoms with Crippen LogP contribution in [0.3, 0.4) is 0 Å². The first-order valence-electron chi connectivity index (χ1n) is 9.48. The maximum absolute atomic E-state index is 13.3. The van der Waals surface area contributed by atoms with Gasteiger partial charge < -0.3 is 9.26 Å². The minimum absolute atomic E-state index is 0.131. The predicted octanol–water partition coefficient (Wildman–Crippen LogP) is 5.45. The van der Waals surface area contributed by atoms with Gasteiger partial charge in [0.2, 0.25) is 11.7 Å². The molecular formula is C22H15ClN4O3S2. The monoisotopic (exact) mass is 482 g/mol. The van der Waals surface area contributed by atoms with Gasteiger partial charge in [-0.05, 0) is 47.8 Å². The van der Waals surface area contributed by atoms with Crippen molar-refractivity contribution in [2.75, 3.05) is 7.11 Å². The maximum atomic E-state index is 13.3. The molecule has 0 aliphatic rings. The van der Waals surface area contributed by atoms with Gasteiger partial charge in [-0.3, -0.25) is 9.36 Å². The zero-order valence-electron chi connectivity index (χ0n) is 16.7. The van der Waals surface area contributed by atoms with Crippen molar-refractivity contribution < 1.29 is 9.26 Å². The first-order chi connectivity index (χ1) is 15.6. The van der Waals surface area contributed by atoms with Crippen molar-refractivity contribution in [3.8, 4) is 22.8 Å². The number of aromatic nitrogens is 4. The van der Waals surface area contributed by atoms with Crippen LogP contribution in [0.5, 0.6) is 5.75 Å². The summed E-state index contributed by atoms with van der Waals surface area (Å²) < 4.78 is 12.9. The van der Waals surface area contributed by atoms with Crippen LogP contribution in [-0.4, -0.2) is 26.8 Å². The Morgan fingerprint density at radius 1 is 1.16 bits per heavy atom. The molecule has 0 aliphatic carbocycles. The van der Waals surface area contributed by atoms with Crippen LogP contribution in [0.25, 0.3) is 27.3 Å². The molecule has 0 unspecified atom stereocenters. The summed E-state index contributed by atoms with van der Waals surface area (Å²) in [6.07, 6.45) is 0. The van der Waals surface area contributed by atoms with E-state index in [1.165, 1.54) is 23.1 Å². The molecule has 10 heteroatoms. The van der Waals surface area contributed by atoms with Crippen molar-refractivity contribution >= 4 is 44.9 Å². The zero-order chi connectivity index (χ0) is 22.1. The van der Waals surface area contributed by atoms with Crippen molar-refractivity contribution in [1.29, 1.82) is 0 Å². The van der Waals surface area contributed by atoms with E-state index in [4.69, 9.17) is 25.8 Å².